The summed E-state index contributed by atoms with van der Waals surface area (Å²) < 4.78 is 5.38. The molecule has 1 atom stereocenters. The summed E-state index contributed by atoms with van der Waals surface area (Å²) >= 11 is 0. The van der Waals surface area contributed by atoms with E-state index in [1.54, 1.807) is 24.3 Å². The molecule has 0 radical (unpaired) electrons. The van der Waals surface area contributed by atoms with E-state index in [1.165, 1.54) is 0 Å². The molecule has 2 rings (SSSR count). The van der Waals surface area contributed by atoms with Crippen molar-refractivity contribution in [3.63, 3.8) is 0 Å². The van der Waals surface area contributed by atoms with E-state index in [1.807, 2.05) is 39.0 Å². The minimum atomic E-state index is -1.11. The van der Waals surface area contributed by atoms with Gasteiger partial charge in [-0.3, -0.25) is 4.79 Å². The Balaban J connectivity index is 2.03. The molecular formula is C19H21NO4. The molecule has 0 fully saturated rings. The largest absolute Gasteiger partial charge is 0.484 e. The highest BCUT2D eigenvalue weighted by atomic mass is 16.5. The van der Waals surface area contributed by atoms with E-state index < -0.39 is 17.9 Å². The van der Waals surface area contributed by atoms with Crippen molar-refractivity contribution < 1.29 is 19.4 Å². The highest BCUT2D eigenvalue weighted by Crippen LogP contribution is 2.18. The number of rotatable bonds is 6. The Morgan fingerprint density at radius 1 is 1.00 bits per heavy atom. The topological polar surface area (TPSA) is 75.6 Å². The first-order valence-corrected chi connectivity index (χ1v) is 7.65. The zero-order valence-corrected chi connectivity index (χ0v) is 14.0. The minimum Gasteiger partial charge on any atom is -0.484 e. The Hall–Kier alpha value is -2.82. The molecule has 1 unspecified atom stereocenters. The monoisotopic (exact) mass is 327 g/mol. The Kier molecular flexibility index (Phi) is 5.58. The van der Waals surface area contributed by atoms with Crippen LogP contribution in [0.2, 0.25) is 0 Å². The van der Waals surface area contributed by atoms with Crippen LogP contribution in [-0.4, -0.2) is 23.6 Å². The summed E-state index contributed by atoms with van der Waals surface area (Å²) in [5, 5.41) is 11.9. The van der Waals surface area contributed by atoms with Gasteiger partial charge in [0.15, 0.2) is 12.6 Å². The van der Waals surface area contributed by atoms with Crippen LogP contribution >= 0.6 is 0 Å². The number of carbonyl (C=O) groups excluding carboxylic acids is 1. The number of hydrogen-bond acceptors (Lipinski definition) is 3. The lowest BCUT2D eigenvalue weighted by Gasteiger charge is -2.16. The summed E-state index contributed by atoms with van der Waals surface area (Å²) in [5.41, 5.74) is 3.53. The second-order valence-corrected chi connectivity index (χ2v) is 5.86. The maximum absolute atomic E-state index is 12.0. The van der Waals surface area contributed by atoms with Gasteiger partial charge in [0.1, 0.15) is 5.75 Å². The van der Waals surface area contributed by atoms with Crippen LogP contribution in [0.1, 0.15) is 28.3 Å². The average Bonchev–Trinajstić information content (AvgIpc) is 2.50. The molecule has 5 heteroatoms. The number of carboxylic acids is 1. The number of aliphatic carboxylic acids is 1. The van der Waals surface area contributed by atoms with Crippen molar-refractivity contribution in [2.75, 3.05) is 6.61 Å². The van der Waals surface area contributed by atoms with E-state index in [-0.39, 0.29) is 6.61 Å². The van der Waals surface area contributed by atoms with E-state index in [0.29, 0.717) is 11.3 Å². The molecule has 0 aromatic heterocycles. The number of nitrogens with one attached hydrogen (secondary N) is 1. The van der Waals surface area contributed by atoms with E-state index in [2.05, 4.69) is 5.32 Å². The Morgan fingerprint density at radius 2 is 1.58 bits per heavy atom. The van der Waals surface area contributed by atoms with Crippen LogP contribution in [0.25, 0.3) is 0 Å². The van der Waals surface area contributed by atoms with Crippen LogP contribution in [0.4, 0.5) is 0 Å². The minimum absolute atomic E-state index is 0.238. The SMILES string of the molecule is Cc1ccc(OCC(=O)NC(C(=O)O)c2cc(C)cc(C)c2)cc1. The van der Waals surface area contributed by atoms with Crippen molar-refractivity contribution in [3.8, 4) is 5.75 Å². The third-order valence-corrected chi connectivity index (χ3v) is 3.52. The summed E-state index contributed by atoms with van der Waals surface area (Å²) in [7, 11) is 0. The van der Waals surface area contributed by atoms with Crippen LogP contribution in [0.3, 0.4) is 0 Å². The van der Waals surface area contributed by atoms with Gasteiger partial charge < -0.3 is 15.2 Å². The second-order valence-electron chi connectivity index (χ2n) is 5.86. The van der Waals surface area contributed by atoms with Crippen LogP contribution in [0.5, 0.6) is 5.75 Å². The summed E-state index contributed by atoms with van der Waals surface area (Å²) in [5.74, 6) is -1.03. The predicted molar refractivity (Wildman–Crippen MR) is 91.1 cm³/mol. The molecule has 2 aromatic rings. The van der Waals surface area contributed by atoms with E-state index in [4.69, 9.17) is 4.74 Å². The van der Waals surface area contributed by atoms with Crippen LogP contribution < -0.4 is 10.1 Å². The zero-order valence-electron chi connectivity index (χ0n) is 14.0. The fourth-order valence-corrected chi connectivity index (χ4v) is 2.45. The van der Waals surface area contributed by atoms with Crippen LogP contribution in [0.15, 0.2) is 42.5 Å². The highest BCUT2D eigenvalue weighted by molar-refractivity contribution is 5.85. The van der Waals surface area contributed by atoms with Gasteiger partial charge in [0, 0.05) is 0 Å². The number of carbonyl (C=O) groups is 2. The number of hydrogen-bond donors (Lipinski definition) is 2. The van der Waals surface area contributed by atoms with Crippen molar-refractivity contribution in [1.82, 2.24) is 5.32 Å². The van der Waals surface area contributed by atoms with Gasteiger partial charge in [-0.1, -0.05) is 47.0 Å². The van der Waals surface area contributed by atoms with E-state index in [9.17, 15) is 14.7 Å². The van der Waals surface area contributed by atoms with Gasteiger partial charge >= 0.3 is 5.97 Å². The molecule has 0 aliphatic carbocycles. The number of aryl methyl sites for hydroxylation is 3. The molecule has 0 aliphatic rings. The molecule has 0 heterocycles. The maximum atomic E-state index is 12.0. The van der Waals surface area contributed by atoms with Gasteiger partial charge in [-0.15, -0.1) is 0 Å². The molecule has 2 N–H and O–H groups in total. The summed E-state index contributed by atoms with van der Waals surface area (Å²) in [4.78, 5) is 23.6. The van der Waals surface area contributed by atoms with Crippen LogP contribution in [-0.2, 0) is 9.59 Å². The Bertz CT molecular complexity index is 717. The highest BCUT2D eigenvalue weighted by Gasteiger charge is 2.22. The normalized spacial score (nSPS) is 11.6. The quantitative estimate of drug-likeness (QED) is 0.855. The first-order valence-electron chi connectivity index (χ1n) is 7.65. The predicted octanol–water partition coefficient (Wildman–Crippen LogP) is 2.93. The fourth-order valence-electron chi connectivity index (χ4n) is 2.45. The van der Waals surface area contributed by atoms with Gasteiger partial charge in [0.25, 0.3) is 5.91 Å². The van der Waals surface area contributed by atoms with E-state index in [0.717, 1.165) is 16.7 Å². The molecule has 126 valence electrons. The maximum Gasteiger partial charge on any atom is 0.330 e. The van der Waals surface area contributed by atoms with Crippen molar-refractivity contribution >= 4 is 11.9 Å². The number of benzene rings is 2. The molecule has 5 nitrogen and oxygen atoms in total. The van der Waals surface area contributed by atoms with Gasteiger partial charge in [0.2, 0.25) is 0 Å². The Morgan fingerprint density at radius 3 is 2.12 bits per heavy atom. The first kappa shape index (κ1) is 17.5. The second kappa shape index (κ2) is 7.64. The molecule has 24 heavy (non-hydrogen) atoms. The smallest absolute Gasteiger partial charge is 0.330 e. The third-order valence-electron chi connectivity index (χ3n) is 3.52. The van der Waals surface area contributed by atoms with E-state index >= 15 is 0 Å². The van der Waals surface area contributed by atoms with Crippen molar-refractivity contribution in [2.24, 2.45) is 0 Å². The lowest BCUT2D eigenvalue weighted by Crippen LogP contribution is -2.36. The van der Waals surface area contributed by atoms with Gasteiger partial charge in [-0.25, -0.2) is 4.79 Å². The number of carboxylic acid groups (broad SMARTS) is 1. The Labute approximate surface area is 141 Å². The molecule has 1 amide bonds. The lowest BCUT2D eigenvalue weighted by molar-refractivity contribution is -0.142. The zero-order chi connectivity index (χ0) is 17.7. The first-order chi connectivity index (χ1) is 11.3. The average molecular weight is 327 g/mol. The van der Waals surface area contributed by atoms with Crippen molar-refractivity contribution in [1.29, 1.82) is 0 Å². The summed E-state index contributed by atoms with van der Waals surface area (Å²) in [6.07, 6.45) is 0. The molecular weight excluding hydrogens is 306 g/mol. The molecule has 0 aliphatic heterocycles. The molecule has 0 bridgehead atoms. The van der Waals surface area contributed by atoms with Crippen molar-refractivity contribution in [2.45, 2.75) is 26.8 Å². The molecule has 2 aromatic carbocycles. The molecule has 0 spiro atoms. The van der Waals surface area contributed by atoms with Gasteiger partial charge in [0.05, 0.1) is 0 Å². The molecule has 0 saturated carbocycles. The van der Waals surface area contributed by atoms with Crippen LogP contribution in [0, 0.1) is 20.8 Å². The number of amides is 1. The number of ether oxygens (including phenoxy) is 1. The molecule has 0 saturated heterocycles. The summed E-state index contributed by atoms with van der Waals surface area (Å²) in [6.45, 7) is 5.49. The van der Waals surface area contributed by atoms with Gasteiger partial charge in [-0.2, -0.15) is 0 Å². The fraction of sp³-hybridized carbons (Fsp3) is 0.263. The standard InChI is InChI=1S/C19H21NO4/c1-12-4-6-16(7-5-12)24-11-17(21)20-18(19(22)23)15-9-13(2)8-14(3)10-15/h4-10,18H,11H2,1-3H3,(H,20,21)(H,22,23). The van der Waals surface area contributed by atoms with Gasteiger partial charge in [-0.05, 0) is 38.5 Å². The lowest BCUT2D eigenvalue weighted by atomic mass is 10.0. The van der Waals surface area contributed by atoms with Crippen molar-refractivity contribution in [3.05, 3.63) is 64.7 Å². The third kappa shape index (κ3) is 4.84. The summed E-state index contributed by atoms with van der Waals surface area (Å²) in [6, 6.07) is 11.6.